The lowest BCUT2D eigenvalue weighted by Crippen LogP contribution is -2.31. The summed E-state index contributed by atoms with van der Waals surface area (Å²) in [6.07, 6.45) is 6.75. The minimum absolute atomic E-state index is 0.124. The molecule has 0 N–H and O–H groups in total. The van der Waals surface area contributed by atoms with Crippen molar-refractivity contribution >= 4 is 5.91 Å². The Labute approximate surface area is 192 Å². The van der Waals surface area contributed by atoms with Crippen molar-refractivity contribution < 1.29 is 9.53 Å². The molecule has 1 aromatic carbocycles. The average molecular weight is 438 g/mol. The molecule has 7 nitrogen and oxygen atoms in total. The number of hydrogen-bond acceptors (Lipinski definition) is 6. The largest absolute Gasteiger partial charge is 0.437 e. The zero-order chi connectivity index (χ0) is 22.6. The summed E-state index contributed by atoms with van der Waals surface area (Å²) in [5.41, 5.74) is 3.09. The van der Waals surface area contributed by atoms with Gasteiger partial charge in [0.25, 0.3) is 5.91 Å². The molecule has 0 unspecified atom stereocenters. The van der Waals surface area contributed by atoms with Crippen LogP contribution in [0.3, 0.4) is 0 Å². The third kappa shape index (κ3) is 4.43. The molecular weight excluding hydrogens is 414 g/mol. The topological polar surface area (TPSA) is 81.1 Å². The molecule has 1 aliphatic heterocycles. The molecule has 1 atom stereocenters. The fraction of sp³-hybridized carbons (Fsp3) is 0.192. The van der Waals surface area contributed by atoms with E-state index in [0.717, 1.165) is 29.8 Å². The Hall–Kier alpha value is -4.13. The smallest absolute Gasteiger partial charge is 0.259 e. The lowest BCUT2D eigenvalue weighted by Gasteiger charge is -2.25. The molecule has 0 aliphatic carbocycles. The van der Waals surface area contributed by atoms with Gasteiger partial charge in [0.05, 0.1) is 17.9 Å². The number of aromatic nitrogens is 4. The van der Waals surface area contributed by atoms with Crippen molar-refractivity contribution in [2.45, 2.75) is 25.8 Å². The molecule has 164 valence electrons. The van der Waals surface area contributed by atoms with Crippen LogP contribution in [0.5, 0.6) is 11.6 Å². The first-order valence-corrected chi connectivity index (χ1v) is 10.9. The van der Waals surface area contributed by atoms with Crippen molar-refractivity contribution in [3.05, 3.63) is 96.2 Å². The maximum absolute atomic E-state index is 13.6. The second kappa shape index (κ2) is 9.16. The minimum atomic E-state index is -0.128. The van der Waals surface area contributed by atoms with Gasteiger partial charge in [-0.2, -0.15) is 0 Å². The highest BCUT2D eigenvalue weighted by atomic mass is 16.5. The lowest BCUT2D eigenvalue weighted by atomic mass is 10.1. The van der Waals surface area contributed by atoms with E-state index >= 15 is 0 Å². The van der Waals surface area contributed by atoms with Gasteiger partial charge in [0, 0.05) is 30.2 Å². The number of nitrogens with zero attached hydrogens (tertiary/aromatic N) is 5. The van der Waals surface area contributed by atoms with E-state index in [4.69, 9.17) is 9.72 Å². The fourth-order valence-electron chi connectivity index (χ4n) is 4.02. The van der Waals surface area contributed by atoms with Crippen LogP contribution in [0.2, 0.25) is 0 Å². The van der Waals surface area contributed by atoms with Crippen molar-refractivity contribution in [2.75, 3.05) is 6.54 Å². The van der Waals surface area contributed by atoms with E-state index in [2.05, 4.69) is 15.0 Å². The van der Waals surface area contributed by atoms with Gasteiger partial charge in [0.1, 0.15) is 11.3 Å². The number of amides is 1. The van der Waals surface area contributed by atoms with Crippen LogP contribution in [0.15, 0.2) is 79.3 Å². The van der Waals surface area contributed by atoms with E-state index in [1.54, 1.807) is 30.7 Å². The van der Waals surface area contributed by atoms with Gasteiger partial charge in [0.2, 0.25) is 5.88 Å². The number of carbonyl (C=O) groups is 1. The van der Waals surface area contributed by atoms with Crippen molar-refractivity contribution in [3.8, 4) is 23.0 Å². The normalized spacial score (nSPS) is 15.4. The number of aryl methyl sites for hydroxylation is 1. The van der Waals surface area contributed by atoms with Crippen molar-refractivity contribution in [3.63, 3.8) is 0 Å². The van der Waals surface area contributed by atoms with Gasteiger partial charge in [0.15, 0.2) is 5.82 Å². The van der Waals surface area contributed by atoms with E-state index in [1.807, 2.05) is 60.4 Å². The quantitative estimate of drug-likeness (QED) is 0.436. The molecule has 7 heteroatoms. The highest BCUT2D eigenvalue weighted by molar-refractivity contribution is 5.96. The van der Waals surface area contributed by atoms with Gasteiger partial charge in [-0.1, -0.05) is 30.3 Å². The summed E-state index contributed by atoms with van der Waals surface area (Å²) in [7, 11) is 0. The standard InChI is InChI=1S/C26H23N5O2/c1-18-11-12-20(17-29-18)33-25-21(9-5-14-28-25)26(32)31-16-6-10-23(31)22-13-15-27-24(30-22)19-7-3-2-4-8-19/h2-5,7-9,11-15,17,23H,6,10,16H2,1H3/t23-/m0/s1. The van der Waals surface area contributed by atoms with E-state index < -0.39 is 0 Å². The fourth-order valence-corrected chi connectivity index (χ4v) is 4.02. The molecule has 4 aromatic rings. The number of likely N-dealkylation sites (tertiary alicyclic amines) is 1. The maximum atomic E-state index is 13.6. The molecular formula is C26H23N5O2. The molecule has 0 spiro atoms. The van der Waals surface area contributed by atoms with Gasteiger partial charge in [-0.3, -0.25) is 9.78 Å². The molecule has 4 heterocycles. The van der Waals surface area contributed by atoms with E-state index in [9.17, 15) is 4.79 Å². The van der Waals surface area contributed by atoms with Crippen LogP contribution in [0.1, 0.15) is 40.6 Å². The molecule has 0 radical (unpaired) electrons. The first kappa shape index (κ1) is 20.8. The molecule has 33 heavy (non-hydrogen) atoms. The molecule has 0 bridgehead atoms. The Morgan fingerprint density at radius 3 is 2.67 bits per heavy atom. The second-order valence-electron chi connectivity index (χ2n) is 7.92. The summed E-state index contributed by atoms with van der Waals surface area (Å²) in [5, 5.41) is 0. The van der Waals surface area contributed by atoms with Crippen molar-refractivity contribution in [2.24, 2.45) is 0 Å². The third-order valence-electron chi connectivity index (χ3n) is 5.66. The monoisotopic (exact) mass is 437 g/mol. The minimum Gasteiger partial charge on any atom is -0.437 e. The number of rotatable bonds is 5. The predicted octanol–water partition coefficient (Wildman–Crippen LogP) is 5.01. The first-order valence-electron chi connectivity index (χ1n) is 10.9. The molecule has 1 fully saturated rings. The van der Waals surface area contributed by atoms with Crippen LogP contribution in [0.4, 0.5) is 0 Å². The van der Waals surface area contributed by atoms with Gasteiger partial charge in [-0.15, -0.1) is 0 Å². The predicted molar refractivity (Wildman–Crippen MR) is 124 cm³/mol. The van der Waals surface area contributed by atoms with Gasteiger partial charge in [-0.05, 0) is 50.1 Å². The van der Waals surface area contributed by atoms with Crippen LogP contribution in [0, 0.1) is 6.92 Å². The summed E-state index contributed by atoms with van der Waals surface area (Å²) in [6, 6.07) is 18.8. The van der Waals surface area contributed by atoms with Crippen LogP contribution in [-0.2, 0) is 0 Å². The molecule has 1 saturated heterocycles. The Kier molecular flexibility index (Phi) is 5.76. The number of benzene rings is 1. The summed E-state index contributed by atoms with van der Waals surface area (Å²) < 4.78 is 5.92. The summed E-state index contributed by atoms with van der Waals surface area (Å²) in [4.78, 5) is 33.2. The van der Waals surface area contributed by atoms with Gasteiger partial charge in [-0.25, -0.2) is 15.0 Å². The Bertz CT molecular complexity index is 1260. The highest BCUT2D eigenvalue weighted by Crippen LogP contribution is 2.34. The maximum Gasteiger partial charge on any atom is 0.259 e. The number of ether oxygens (including phenoxy) is 1. The van der Waals surface area contributed by atoms with Gasteiger partial charge >= 0.3 is 0 Å². The number of carbonyl (C=O) groups excluding carboxylic acids is 1. The Morgan fingerprint density at radius 2 is 1.85 bits per heavy atom. The molecule has 5 rings (SSSR count). The summed E-state index contributed by atoms with van der Waals surface area (Å²) in [5.74, 6) is 1.34. The average Bonchev–Trinajstić information content (AvgIpc) is 3.36. The van der Waals surface area contributed by atoms with Crippen molar-refractivity contribution in [1.82, 2.24) is 24.8 Å². The van der Waals surface area contributed by atoms with Crippen LogP contribution >= 0.6 is 0 Å². The zero-order valence-corrected chi connectivity index (χ0v) is 18.3. The van der Waals surface area contributed by atoms with Crippen molar-refractivity contribution in [1.29, 1.82) is 0 Å². The van der Waals surface area contributed by atoms with E-state index in [0.29, 0.717) is 23.7 Å². The lowest BCUT2D eigenvalue weighted by molar-refractivity contribution is 0.0729. The Balaban J connectivity index is 1.42. The molecule has 3 aromatic heterocycles. The first-order chi connectivity index (χ1) is 16.2. The Morgan fingerprint density at radius 1 is 0.970 bits per heavy atom. The summed E-state index contributed by atoms with van der Waals surface area (Å²) in [6.45, 7) is 2.55. The zero-order valence-electron chi connectivity index (χ0n) is 18.3. The van der Waals surface area contributed by atoms with Crippen LogP contribution in [-0.4, -0.2) is 37.3 Å². The second-order valence-corrected chi connectivity index (χ2v) is 7.92. The van der Waals surface area contributed by atoms with Gasteiger partial charge < -0.3 is 9.64 Å². The SMILES string of the molecule is Cc1ccc(Oc2ncccc2C(=O)N2CCC[C@H]2c2ccnc(-c3ccccc3)n2)cn1. The summed E-state index contributed by atoms with van der Waals surface area (Å²) >= 11 is 0. The van der Waals surface area contributed by atoms with E-state index in [-0.39, 0.29) is 17.8 Å². The number of pyridine rings is 2. The molecule has 0 saturated carbocycles. The van der Waals surface area contributed by atoms with Crippen LogP contribution < -0.4 is 4.74 Å². The highest BCUT2D eigenvalue weighted by Gasteiger charge is 2.33. The van der Waals surface area contributed by atoms with E-state index in [1.165, 1.54) is 0 Å². The third-order valence-corrected chi connectivity index (χ3v) is 5.66. The van der Waals surface area contributed by atoms with Crippen LogP contribution in [0.25, 0.3) is 11.4 Å². The molecule has 1 aliphatic rings. The number of hydrogen-bond donors (Lipinski definition) is 0. The molecule has 1 amide bonds.